The Bertz CT molecular complexity index is 270. The lowest BCUT2D eigenvalue weighted by Gasteiger charge is -2.41. The van der Waals surface area contributed by atoms with Crippen molar-refractivity contribution in [3.05, 3.63) is 0 Å². The van der Waals surface area contributed by atoms with Crippen molar-refractivity contribution >= 4 is 9.84 Å². The van der Waals surface area contributed by atoms with Gasteiger partial charge in [-0.1, -0.05) is 6.42 Å². The highest BCUT2D eigenvalue weighted by atomic mass is 32.2. The van der Waals surface area contributed by atoms with Crippen molar-refractivity contribution in [2.24, 2.45) is 11.8 Å². The Labute approximate surface area is 79.8 Å². The molecule has 1 saturated carbocycles. The number of hydrogen-bond acceptors (Lipinski definition) is 3. The van der Waals surface area contributed by atoms with Gasteiger partial charge in [-0.05, 0) is 25.8 Å². The summed E-state index contributed by atoms with van der Waals surface area (Å²) < 4.78 is 22.0. The third-order valence-corrected chi connectivity index (χ3v) is 5.31. The number of sulfone groups is 1. The van der Waals surface area contributed by atoms with Crippen LogP contribution in [0.2, 0.25) is 0 Å². The van der Waals surface area contributed by atoms with Gasteiger partial charge in [-0.25, -0.2) is 8.42 Å². The van der Waals surface area contributed by atoms with E-state index >= 15 is 0 Å². The summed E-state index contributed by atoms with van der Waals surface area (Å²) in [6.45, 7) is 0. The van der Waals surface area contributed by atoms with E-state index in [1.165, 1.54) is 19.3 Å². The molecule has 1 aliphatic carbocycles. The predicted octanol–water partition coefficient (Wildman–Crippen LogP) is 0.419. The van der Waals surface area contributed by atoms with Crippen LogP contribution < -0.4 is 5.32 Å². The molecule has 0 amide bonds. The molecule has 76 valence electrons. The van der Waals surface area contributed by atoms with Crippen molar-refractivity contribution in [2.75, 3.05) is 18.6 Å². The first-order chi connectivity index (χ1) is 6.12. The number of nitrogens with one attached hydrogen (secondary N) is 1. The first-order valence-corrected chi connectivity index (χ1v) is 6.82. The maximum Gasteiger partial charge on any atom is 0.151 e. The van der Waals surface area contributed by atoms with Gasteiger partial charge < -0.3 is 5.32 Å². The van der Waals surface area contributed by atoms with Crippen LogP contribution in [0.1, 0.15) is 19.3 Å². The zero-order chi connectivity index (χ0) is 9.47. The first kappa shape index (κ1) is 9.46. The van der Waals surface area contributed by atoms with Crippen LogP contribution in [0.3, 0.4) is 0 Å². The van der Waals surface area contributed by atoms with Crippen LogP contribution >= 0.6 is 0 Å². The molecule has 0 aromatic heterocycles. The van der Waals surface area contributed by atoms with Crippen LogP contribution in [0.5, 0.6) is 0 Å². The smallest absolute Gasteiger partial charge is 0.151 e. The molecule has 3 nitrogen and oxygen atoms in total. The normalized spacial score (nSPS) is 30.5. The van der Waals surface area contributed by atoms with Crippen LogP contribution in [0.25, 0.3) is 0 Å². The molecule has 13 heavy (non-hydrogen) atoms. The average molecular weight is 203 g/mol. The summed E-state index contributed by atoms with van der Waals surface area (Å²) >= 11 is 0. The van der Waals surface area contributed by atoms with Crippen molar-refractivity contribution in [1.82, 2.24) is 5.32 Å². The van der Waals surface area contributed by atoms with Crippen LogP contribution in [0.15, 0.2) is 0 Å². The fourth-order valence-corrected chi connectivity index (χ4v) is 4.09. The molecule has 1 N–H and O–H groups in total. The van der Waals surface area contributed by atoms with Crippen molar-refractivity contribution < 1.29 is 8.42 Å². The molecule has 0 radical (unpaired) electrons. The third-order valence-electron chi connectivity index (χ3n) is 3.43. The molecular formula is C9H17NO2S. The van der Waals surface area contributed by atoms with Crippen molar-refractivity contribution in [3.63, 3.8) is 0 Å². The molecular weight excluding hydrogens is 186 g/mol. The quantitative estimate of drug-likeness (QED) is 0.723. The Morgan fingerprint density at radius 2 is 1.85 bits per heavy atom. The summed E-state index contributed by atoms with van der Waals surface area (Å²) in [6.07, 6.45) is 3.88. The van der Waals surface area contributed by atoms with Gasteiger partial charge in [-0.15, -0.1) is 0 Å². The summed E-state index contributed by atoms with van der Waals surface area (Å²) in [7, 11) is -0.691. The fourth-order valence-electron chi connectivity index (χ4n) is 2.47. The minimum absolute atomic E-state index is 0.389. The van der Waals surface area contributed by atoms with Gasteiger partial charge in [0.2, 0.25) is 0 Å². The second-order valence-electron chi connectivity index (χ2n) is 4.34. The second kappa shape index (κ2) is 3.24. The van der Waals surface area contributed by atoms with Gasteiger partial charge in [0.15, 0.2) is 9.84 Å². The monoisotopic (exact) mass is 203 g/mol. The van der Waals surface area contributed by atoms with Crippen LogP contribution in [-0.2, 0) is 9.84 Å². The zero-order valence-electron chi connectivity index (χ0n) is 7.99. The minimum Gasteiger partial charge on any atom is -0.316 e. The highest BCUT2D eigenvalue weighted by Crippen LogP contribution is 2.36. The lowest BCUT2D eigenvalue weighted by Crippen LogP contribution is -2.53. The van der Waals surface area contributed by atoms with Crippen LogP contribution in [0.4, 0.5) is 0 Å². The van der Waals surface area contributed by atoms with Gasteiger partial charge >= 0.3 is 0 Å². The summed E-state index contributed by atoms with van der Waals surface area (Å²) in [4.78, 5) is 0. The molecule has 2 aliphatic rings. The second-order valence-corrected chi connectivity index (χ2v) is 6.50. The molecule has 1 aliphatic heterocycles. The highest BCUT2D eigenvalue weighted by Gasteiger charge is 2.42. The summed E-state index contributed by atoms with van der Waals surface area (Å²) in [6, 6.07) is 0.456. The van der Waals surface area contributed by atoms with Gasteiger partial charge in [0.05, 0.1) is 11.5 Å². The lowest BCUT2D eigenvalue weighted by atomic mass is 9.75. The van der Waals surface area contributed by atoms with E-state index in [0.717, 1.165) is 5.92 Å². The third kappa shape index (κ3) is 1.74. The van der Waals surface area contributed by atoms with Gasteiger partial charge in [-0.2, -0.15) is 0 Å². The molecule has 1 heterocycles. The van der Waals surface area contributed by atoms with E-state index < -0.39 is 9.84 Å². The Hall–Kier alpha value is -0.0900. The van der Waals surface area contributed by atoms with E-state index in [1.807, 2.05) is 7.05 Å². The fraction of sp³-hybridized carbons (Fsp3) is 1.00. The van der Waals surface area contributed by atoms with Gasteiger partial charge in [0.1, 0.15) is 0 Å². The van der Waals surface area contributed by atoms with E-state index in [2.05, 4.69) is 5.32 Å². The Morgan fingerprint density at radius 1 is 1.23 bits per heavy atom. The Kier molecular flexibility index (Phi) is 2.36. The highest BCUT2D eigenvalue weighted by molar-refractivity contribution is 7.92. The SMILES string of the molecule is CNC(C1CCC1)C1CS(=O)(=O)C1. The van der Waals surface area contributed by atoms with E-state index in [-0.39, 0.29) is 0 Å². The number of hydrogen-bond donors (Lipinski definition) is 1. The Balaban J connectivity index is 1.91. The van der Waals surface area contributed by atoms with Crippen LogP contribution in [0, 0.1) is 11.8 Å². The molecule has 1 unspecified atom stereocenters. The van der Waals surface area contributed by atoms with E-state index in [4.69, 9.17) is 0 Å². The Morgan fingerprint density at radius 3 is 2.15 bits per heavy atom. The maximum atomic E-state index is 11.0. The molecule has 2 fully saturated rings. The van der Waals surface area contributed by atoms with Crippen molar-refractivity contribution in [2.45, 2.75) is 25.3 Å². The minimum atomic E-state index is -2.64. The molecule has 1 atom stereocenters. The standard InChI is InChI=1S/C9H17NO2S/c1-10-9(7-3-2-4-7)8-5-13(11,12)6-8/h7-10H,2-6H2,1H3. The largest absolute Gasteiger partial charge is 0.316 e. The van der Waals surface area contributed by atoms with Gasteiger partial charge in [-0.3, -0.25) is 0 Å². The molecule has 4 heteroatoms. The molecule has 2 rings (SSSR count). The van der Waals surface area contributed by atoms with Crippen molar-refractivity contribution in [3.8, 4) is 0 Å². The van der Waals surface area contributed by atoms with Gasteiger partial charge in [0.25, 0.3) is 0 Å². The first-order valence-electron chi connectivity index (χ1n) is 5.00. The predicted molar refractivity (Wildman–Crippen MR) is 52.3 cm³/mol. The molecule has 0 aromatic rings. The zero-order valence-corrected chi connectivity index (χ0v) is 8.81. The molecule has 0 bridgehead atoms. The van der Waals surface area contributed by atoms with Crippen LogP contribution in [-0.4, -0.2) is 33.0 Å². The van der Waals surface area contributed by atoms with Gasteiger partial charge in [0, 0.05) is 12.0 Å². The van der Waals surface area contributed by atoms with Crippen molar-refractivity contribution in [1.29, 1.82) is 0 Å². The topological polar surface area (TPSA) is 46.2 Å². The maximum absolute atomic E-state index is 11.0. The summed E-state index contributed by atoms with van der Waals surface area (Å²) in [5, 5.41) is 3.28. The lowest BCUT2D eigenvalue weighted by molar-refractivity contribution is 0.192. The van der Waals surface area contributed by atoms with E-state index in [0.29, 0.717) is 23.5 Å². The molecule has 0 spiro atoms. The summed E-state index contributed by atoms with van der Waals surface area (Å²) in [5.74, 6) is 1.95. The average Bonchev–Trinajstić information content (AvgIpc) is 1.91. The van der Waals surface area contributed by atoms with E-state index in [9.17, 15) is 8.42 Å². The number of rotatable bonds is 3. The summed E-state index contributed by atoms with van der Waals surface area (Å²) in [5.41, 5.74) is 0. The molecule has 0 aromatic carbocycles. The molecule has 1 saturated heterocycles. The van der Waals surface area contributed by atoms with E-state index in [1.54, 1.807) is 0 Å².